The van der Waals surface area contributed by atoms with Crippen molar-refractivity contribution in [3.63, 3.8) is 0 Å². The highest BCUT2D eigenvalue weighted by Crippen LogP contribution is 2.43. The first-order chi connectivity index (χ1) is 22.9. The van der Waals surface area contributed by atoms with Gasteiger partial charge in [-0.2, -0.15) is 23.4 Å². The minimum Gasteiger partial charge on any atom is -0.494 e. The van der Waals surface area contributed by atoms with Gasteiger partial charge in [0.2, 0.25) is 5.95 Å². The highest BCUT2D eigenvalue weighted by molar-refractivity contribution is 7.71. The Morgan fingerprint density at radius 2 is 1.79 bits per heavy atom. The van der Waals surface area contributed by atoms with Crippen molar-refractivity contribution < 1.29 is 22.5 Å². The van der Waals surface area contributed by atoms with Gasteiger partial charge in [0, 0.05) is 69.0 Å². The zero-order chi connectivity index (χ0) is 34.2. The third-order valence-electron chi connectivity index (χ3n) is 8.95. The molecule has 0 radical (unpaired) electrons. The van der Waals surface area contributed by atoms with Gasteiger partial charge in [-0.3, -0.25) is 14.9 Å². The predicted octanol–water partition coefficient (Wildman–Crippen LogP) is 6.31. The number of nitrogens with one attached hydrogen (secondary N) is 2. The Kier molecular flexibility index (Phi) is 9.20. The van der Waals surface area contributed by atoms with Crippen LogP contribution in [0.25, 0.3) is 11.0 Å². The van der Waals surface area contributed by atoms with Crippen LogP contribution in [0.1, 0.15) is 30.4 Å². The van der Waals surface area contributed by atoms with Gasteiger partial charge < -0.3 is 24.8 Å². The number of fused-ring (bicyclic) bond motifs is 1. The summed E-state index contributed by atoms with van der Waals surface area (Å²) >= 11 is 0. The van der Waals surface area contributed by atoms with E-state index in [0.29, 0.717) is 47.0 Å². The van der Waals surface area contributed by atoms with Crippen LogP contribution in [0, 0.1) is 24.2 Å². The molecule has 4 heterocycles. The van der Waals surface area contributed by atoms with E-state index in [0.717, 1.165) is 50.3 Å². The van der Waals surface area contributed by atoms with Gasteiger partial charge in [0.25, 0.3) is 0 Å². The van der Waals surface area contributed by atoms with Crippen molar-refractivity contribution in [2.24, 2.45) is 5.92 Å². The first-order valence-electron chi connectivity index (χ1n) is 15.7. The van der Waals surface area contributed by atoms with Gasteiger partial charge in [-0.1, -0.05) is 0 Å². The number of aryl methyl sites for hydroxylation is 1. The Balaban J connectivity index is 1.25. The molecule has 2 aliphatic heterocycles. The summed E-state index contributed by atoms with van der Waals surface area (Å²) in [5.41, 5.74) is 2.39. The maximum Gasteiger partial charge on any atom is 0.421 e. The lowest BCUT2D eigenvalue weighted by Crippen LogP contribution is -2.55. The molecular weight excluding hydrogens is 642 g/mol. The summed E-state index contributed by atoms with van der Waals surface area (Å²) in [7, 11) is -1.51. The number of methoxy groups -OCH3 is 1. The van der Waals surface area contributed by atoms with Crippen molar-refractivity contribution in [3.8, 4) is 11.8 Å². The van der Waals surface area contributed by atoms with Gasteiger partial charge >= 0.3 is 6.18 Å². The number of rotatable bonds is 9. The molecule has 11 nitrogen and oxygen atoms in total. The molecule has 2 N–H and O–H groups in total. The third-order valence-corrected chi connectivity index (χ3v) is 10.5. The van der Waals surface area contributed by atoms with Crippen LogP contribution in [0.4, 0.5) is 42.0 Å². The number of likely N-dealkylation sites (tertiary alicyclic amines) is 1. The minimum absolute atomic E-state index is 0.0840. The lowest BCUT2D eigenvalue weighted by atomic mass is 9.91. The average Bonchev–Trinajstić information content (AvgIpc) is 3.02. The summed E-state index contributed by atoms with van der Waals surface area (Å²) in [5.74, 6) is 0.386. The normalized spacial score (nSPS) is 16.4. The number of benzene rings is 2. The van der Waals surface area contributed by atoms with E-state index in [1.54, 1.807) is 6.07 Å². The standard InChI is InChI=1S/C33H37F3N9O2P/c1-20-15-26(28(47-2)16-27(20)44-13-8-22(9-14-44)45-18-21(19-45)7-10-37)42-32-40-17-23(33(34,35)36)31(43-32)41-25-6-5-24-29(39-12-11-38-24)30(25)48(3,4)46/h5-6,11-12,15-17,21-22H,7-9,13-14,18-19H2,1-4H3,(H2,40,41,42,43). The lowest BCUT2D eigenvalue weighted by Gasteiger charge is -2.47. The van der Waals surface area contributed by atoms with Crippen molar-refractivity contribution in [1.29, 1.82) is 5.26 Å². The quantitative estimate of drug-likeness (QED) is 0.193. The van der Waals surface area contributed by atoms with Gasteiger partial charge in [0.1, 0.15) is 29.8 Å². The maximum atomic E-state index is 14.2. The predicted molar refractivity (Wildman–Crippen MR) is 180 cm³/mol. The molecule has 0 saturated carbocycles. The molecule has 0 atom stereocenters. The Morgan fingerprint density at radius 1 is 1.06 bits per heavy atom. The third kappa shape index (κ3) is 6.89. The molecule has 0 bridgehead atoms. The zero-order valence-electron chi connectivity index (χ0n) is 27.2. The minimum atomic E-state index is -4.77. The largest absolute Gasteiger partial charge is 0.494 e. The molecule has 48 heavy (non-hydrogen) atoms. The molecule has 15 heteroatoms. The summed E-state index contributed by atoms with van der Waals surface area (Å²) in [6.07, 6.45) is 1.55. The van der Waals surface area contributed by atoms with Crippen molar-refractivity contribution in [3.05, 3.63) is 54.0 Å². The topological polar surface area (TPSA) is 132 Å². The summed E-state index contributed by atoms with van der Waals surface area (Å²) in [4.78, 5) is 21.6. The zero-order valence-corrected chi connectivity index (χ0v) is 28.1. The molecule has 252 valence electrons. The fraction of sp³-hybridized carbons (Fsp3) is 0.424. The summed E-state index contributed by atoms with van der Waals surface area (Å²) in [5, 5.41) is 15.1. The second-order valence-corrected chi connectivity index (χ2v) is 15.8. The van der Waals surface area contributed by atoms with Gasteiger partial charge in [-0.25, -0.2) is 4.98 Å². The number of piperidine rings is 1. The molecule has 0 unspecified atom stereocenters. The highest BCUT2D eigenvalue weighted by atomic mass is 31.2. The summed E-state index contributed by atoms with van der Waals surface area (Å²) in [6, 6.07) is 9.72. The number of ether oxygens (including phenoxy) is 1. The van der Waals surface area contributed by atoms with E-state index in [4.69, 9.17) is 10.00 Å². The van der Waals surface area contributed by atoms with E-state index in [2.05, 4.69) is 46.4 Å². The number of nitriles is 1. The van der Waals surface area contributed by atoms with Gasteiger partial charge in [0.05, 0.1) is 35.4 Å². The van der Waals surface area contributed by atoms with Crippen LogP contribution in [0.5, 0.6) is 5.75 Å². The number of hydrogen-bond donors (Lipinski definition) is 2. The number of aromatic nitrogens is 4. The molecule has 4 aromatic rings. The van der Waals surface area contributed by atoms with Crippen molar-refractivity contribution in [2.75, 3.05) is 62.2 Å². The second kappa shape index (κ2) is 13.2. The Bertz CT molecular complexity index is 1910. The van der Waals surface area contributed by atoms with Crippen molar-refractivity contribution in [2.45, 2.75) is 38.4 Å². The van der Waals surface area contributed by atoms with E-state index in [9.17, 15) is 17.7 Å². The second-order valence-electron chi connectivity index (χ2n) is 12.7. The molecule has 0 amide bonds. The molecule has 2 aliphatic rings. The maximum absolute atomic E-state index is 14.2. The van der Waals surface area contributed by atoms with E-state index >= 15 is 0 Å². The average molecular weight is 680 g/mol. The monoisotopic (exact) mass is 679 g/mol. The SMILES string of the molecule is COc1cc(N2CCC(N3CC(CC#N)C3)CC2)c(C)cc1Nc1ncc(C(F)(F)F)c(Nc2ccc3nccnc3c2P(C)(C)=O)n1. The van der Waals surface area contributed by atoms with Gasteiger partial charge in [-0.05, 0) is 62.8 Å². The number of alkyl halides is 3. The summed E-state index contributed by atoms with van der Waals surface area (Å²) < 4.78 is 61.6. The lowest BCUT2D eigenvalue weighted by molar-refractivity contribution is -0.137. The molecule has 6 rings (SSSR count). The van der Waals surface area contributed by atoms with Crippen LogP contribution in [0.2, 0.25) is 0 Å². The van der Waals surface area contributed by atoms with Crippen LogP contribution in [-0.4, -0.2) is 77.5 Å². The van der Waals surface area contributed by atoms with Gasteiger partial charge in [-0.15, -0.1) is 0 Å². The van der Waals surface area contributed by atoms with Crippen LogP contribution in [0.3, 0.4) is 0 Å². The van der Waals surface area contributed by atoms with E-state index in [-0.39, 0.29) is 16.9 Å². The Hall–Kier alpha value is -4.47. The van der Waals surface area contributed by atoms with Crippen LogP contribution in [0.15, 0.2) is 42.9 Å². The van der Waals surface area contributed by atoms with Crippen molar-refractivity contribution >= 4 is 52.3 Å². The van der Waals surface area contributed by atoms with E-state index in [1.165, 1.54) is 38.9 Å². The van der Waals surface area contributed by atoms with E-state index < -0.39 is 24.7 Å². The number of hydrogen-bond acceptors (Lipinski definition) is 11. The number of halogens is 3. The van der Waals surface area contributed by atoms with Crippen LogP contribution >= 0.6 is 7.14 Å². The Labute approximate surface area is 276 Å². The Morgan fingerprint density at radius 3 is 2.46 bits per heavy atom. The molecule has 2 aromatic heterocycles. The molecule has 0 aliphatic carbocycles. The van der Waals surface area contributed by atoms with Crippen LogP contribution in [-0.2, 0) is 10.7 Å². The smallest absolute Gasteiger partial charge is 0.421 e. The highest BCUT2D eigenvalue weighted by Gasteiger charge is 2.37. The number of nitrogens with zero attached hydrogens (tertiary/aromatic N) is 7. The molecule has 0 spiro atoms. The first kappa shape index (κ1) is 33.4. The molecular formula is C33H37F3N9O2P. The van der Waals surface area contributed by atoms with Crippen LogP contribution < -0.4 is 25.6 Å². The summed E-state index contributed by atoms with van der Waals surface area (Å²) in [6.45, 7) is 8.77. The van der Waals surface area contributed by atoms with E-state index in [1.807, 2.05) is 19.1 Å². The van der Waals surface area contributed by atoms with Crippen molar-refractivity contribution in [1.82, 2.24) is 24.8 Å². The van der Waals surface area contributed by atoms with Gasteiger partial charge in [0.15, 0.2) is 0 Å². The first-order valence-corrected chi connectivity index (χ1v) is 18.3. The molecule has 2 aromatic carbocycles. The molecule has 2 fully saturated rings. The molecule has 2 saturated heterocycles. The number of anilines is 5. The fourth-order valence-electron chi connectivity index (χ4n) is 6.58. The fourth-order valence-corrected chi connectivity index (χ4v) is 7.98.